The third-order valence-corrected chi connectivity index (χ3v) is 5.29. The number of halogens is 3. The summed E-state index contributed by atoms with van der Waals surface area (Å²) in [7, 11) is 0. The highest BCUT2D eigenvalue weighted by atomic mass is 35.5. The van der Waals surface area contributed by atoms with Crippen LogP contribution in [0.4, 0.5) is 14.5 Å². The van der Waals surface area contributed by atoms with Crippen molar-refractivity contribution in [3.05, 3.63) is 64.2 Å². The van der Waals surface area contributed by atoms with Crippen molar-refractivity contribution in [3.8, 4) is 0 Å². The highest BCUT2D eigenvalue weighted by Gasteiger charge is 2.33. The molecular formula is C21H21ClF2N2O2. The van der Waals surface area contributed by atoms with Gasteiger partial charge in [0.15, 0.2) is 0 Å². The molecule has 7 heteroatoms. The second-order valence-corrected chi connectivity index (χ2v) is 7.42. The van der Waals surface area contributed by atoms with Crippen molar-refractivity contribution in [1.82, 2.24) is 5.32 Å². The van der Waals surface area contributed by atoms with Crippen molar-refractivity contribution >= 4 is 29.1 Å². The Bertz CT molecular complexity index is 898. The van der Waals surface area contributed by atoms with Gasteiger partial charge in [-0.15, -0.1) is 0 Å². The van der Waals surface area contributed by atoms with E-state index in [9.17, 15) is 18.4 Å². The highest BCUT2D eigenvalue weighted by Crippen LogP contribution is 2.39. The van der Waals surface area contributed by atoms with Gasteiger partial charge < -0.3 is 10.6 Å². The number of hydrogen-bond donors (Lipinski definition) is 2. The average molecular weight is 407 g/mol. The Labute approximate surface area is 167 Å². The number of benzene rings is 2. The molecule has 28 heavy (non-hydrogen) atoms. The summed E-state index contributed by atoms with van der Waals surface area (Å²) in [6.45, 7) is 1.37. The number of rotatable bonds is 5. The third kappa shape index (κ3) is 4.50. The van der Waals surface area contributed by atoms with Crippen LogP contribution in [0.25, 0.3) is 0 Å². The summed E-state index contributed by atoms with van der Waals surface area (Å²) in [6, 6.07) is 7.85. The molecule has 1 fully saturated rings. The summed E-state index contributed by atoms with van der Waals surface area (Å²) < 4.78 is 29.2. The minimum Gasteiger partial charge on any atom is -0.345 e. The van der Waals surface area contributed by atoms with Gasteiger partial charge in [0.2, 0.25) is 5.91 Å². The first-order valence-corrected chi connectivity index (χ1v) is 9.56. The average Bonchev–Trinajstić information content (AvgIpc) is 3.18. The van der Waals surface area contributed by atoms with E-state index in [-0.39, 0.29) is 28.0 Å². The number of carbonyl (C=O) groups excluding carboxylic acids is 2. The maximum Gasteiger partial charge on any atom is 0.251 e. The second kappa shape index (κ2) is 8.69. The largest absolute Gasteiger partial charge is 0.345 e. The van der Waals surface area contributed by atoms with Gasteiger partial charge in [0.1, 0.15) is 11.6 Å². The van der Waals surface area contributed by atoms with Gasteiger partial charge in [-0.2, -0.15) is 0 Å². The lowest BCUT2D eigenvalue weighted by atomic mass is 9.90. The minimum atomic E-state index is -0.842. The second-order valence-electron chi connectivity index (χ2n) is 7.01. The molecule has 1 aliphatic carbocycles. The molecule has 0 saturated heterocycles. The molecule has 0 aliphatic heterocycles. The molecule has 2 amide bonds. The normalized spacial score (nSPS) is 15.3. The molecule has 3 rings (SSSR count). The Morgan fingerprint density at radius 2 is 1.86 bits per heavy atom. The lowest BCUT2D eigenvalue weighted by molar-refractivity contribution is -0.114. The van der Waals surface area contributed by atoms with Crippen molar-refractivity contribution in [2.45, 2.75) is 38.6 Å². The highest BCUT2D eigenvalue weighted by molar-refractivity contribution is 6.30. The molecule has 1 saturated carbocycles. The summed E-state index contributed by atoms with van der Waals surface area (Å²) in [5.41, 5.74) is 0.556. The van der Waals surface area contributed by atoms with Crippen LogP contribution < -0.4 is 10.6 Å². The van der Waals surface area contributed by atoms with Crippen molar-refractivity contribution < 1.29 is 18.4 Å². The maximum absolute atomic E-state index is 14.7. The molecule has 0 radical (unpaired) electrons. The smallest absolute Gasteiger partial charge is 0.251 e. The van der Waals surface area contributed by atoms with E-state index in [1.165, 1.54) is 19.1 Å². The van der Waals surface area contributed by atoms with Gasteiger partial charge in [-0.25, -0.2) is 8.78 Å². The zero-order valence-electron chi connectivity index (χ0n) is 15.4. The Hall–Kier alpha value is -2.47. The van der Waals surface area contributed by atoms with Crippen LogP contribution >= 0.6 is 11.6 Å². The van der Waals surface area contributed by atoms with Crippen LogP contribution in [0.2, 0.25) is 5.02 Å². The van der Waals surface area contributed by atoms with E-state index in [1.807, 2.05) is 0 Å². The van der Waals surface area contributed by atoms with Crippen LogP contribution in [0.5, 0.6) is 0 Å². The predicted octanol–water partition coefficient (Wildman–Crippen LogP) is 5.24. The molecule has 0 aromatic heterocycles. The van der Waals surface area contributed by atoms with Crippen LogP contribution in [0.1, 0.15) is 54.6 Å². The summed E-state index contributed by atoms with van der Waals surface area (Å²) in [4.78, 5) is 24.1. The number of carbonyl (C=O) groups is 2. The number of hydrogen-bond acceptors (Lipinski definition) is 2. The first-order valence-electron chi connectivity index (χ1n) is 9.18. The fraction of sp³-hybridized carbons (Fsp3) is 0.333. The molecular weight excluding hydrogens is 386 g/mol. The maximum atomic E-state index is 14.7. The molecule has 0 spiro atoms. The quantitative estimate of drug-likeness (QED) is 0.667. The fourth-order valence-electron chi connectivity index (χ4n) is 3.71. The van der Waals surface area contributed by atoms with Gasteiger partial charge in [0, 0.05) is 23.7 Å². The van der Waals surface area contributed by atoms with Gasteiger partial charge in [0.05, 0.1) is 11.1 Å². The zero-order valence-corrected chi connectivity index (χ0v) is 16.2. The Morgan fingerprint density at radius 1 is 1.14 bits per heavy atom. The SMILES string of the molecule is CC(=O)Nc1cccc(C(=O)N[C@H](c2c(F)ccc(Cl)c2F)C2CCCC2)c1. The van der Waals surface area contributed by atoms with Crippen LogP contribution in [-0.2, 0) is 4.79 Å². The lowest BCUT2D eigenvalue weighted by Crippen LogP contribution is -2.34. The summed E-state index contributed by atoms with van der Waals surface area (Å²) >= 11 is 5.86. The lowest BCUT2D eigenvalue weighted by Gasteiger charge is -2.26. The standard InChI is InChI=1S/C21H21ClF2N2O2/c1-12(27)25-15-8-4-7-14(11-15)21(28)26-20(13-5-2-3-6-13)18-17(23)10-9-16(22)19(18)24/h4,7-11,13,20H,2-3,5-6H2,1H3,(H,25,27)(H,26,28)/t20-/m0/s1. The fourth-order valence-corrected chi connectivity index (χ4v) is 3.88. The van der Waals surface area contributed by atoms with E-state index in [0.29, 0.717) is 5.69 Å². The zero-order chi connectivity index (χ0) is 20.3. The Balaban J connectivity index is 1.92. The van der Waals surface area contributed by atoms with E-state index in [1.54, 1.807) is 18.2 Å². The van der Waals surface area contributed by atoms with Crippen LogP contribution in [-0.4, -0.2) is 11.8 Å². The summed E-state index contributed by atoms with van der Waals surface area (Å²) in [5.74, 6) is -2.38. The monoisotopic (exact) mass is 406 g/mol. The van der Waals surface area contributed by atoms with Gasteiger partial charge in [-0.05, 0) is 49.1 Å². The van der Waals surface area contributed by atoms with Crippen molar-refractivity contribution in [2.24, 2.45) is 5.92 Å². The molecule has 0 bridgehead atoms. The van der Waals surface area contributed by atoms with Crippen molar-refractivity contribution in [2.75, 3.05) is 5.32 Å². The predicted molar refractivity (Wildman–Crippen MR) is 104 cm³/mol. The molecule has 2 aromatic carbocycles. The van der Waals surface area contributed by atoms with E-state index in [2.05, 4.69) is 10.6 Å². The summed E-state index contributed by atoms with van der Waals surface area (Å²) in [6.07, 6.45) is 3.42. The summed E-state index contributed by atoms with van der Waals surface area (Å²) in [5, 5.41) is 5.22. The van der Waals surface area contributed by atoms with E-state index in [4.69, 9.17) is 11.6 Å². The Kier molecular flexibility index (Phi) is 6.29. The van der Waals surface area contributed by atoms with E-state index < -0.39 is 23.6 Å². The molecule has 1 aliphatic rings. The van der Waals surface area contributed by atoms with Gasteiger partial charge in [-0.1, -0.05) is 30.5 Å². The minimum absolute atomic E-state index is 0.0788. The van der Waals surface area contributed by atoms with Crippen LogP contribution in [0, 0.1) is 17.6 Å². The van der Waals surface area contributed by atoms with Crippen LogP contribution in [0.3, 0.4) is 0 Å². The van der Waals surface area contributed by atoms with Crippen LogP contribution in [0.15, 0.2) is 36.4 Å². The molecule has 1 atom stereocenters. The molecule has 148 valence electrons. The van der Waals surface area contributed by atoms with Crippen molar-refractivity contribution in [3.63, 3.8) is 0 Å². The van der Waals surface area contributed by atoms with Gasteiger partial charge in [-0.3, -0.25) is 9.59 Å². The third-order valence-electron chi connectivity index (χ3n) is 4.99. The first kappa shape index (κ1) is 20.3. The number of amides is 2. The molecule has 0 unspecified atom stereocenters. The molecule has 0 heterocycles. The Morgan fingerprint density at radius 3 is 2.54 bits per heavy atom. The van der Waals surface area contributed by atoms with E-state index in [0.717, 1.165) is 31.7 Å². The topological polar surface area (TPSA) is 58.2 Å². The van der Waals surface area contributed by atoms with Gasteiger partial charge in [0.25, 0.3) is 5.91 Å². The number of nitrogens with one attached hydrogen (secondary N) is 2. The molecule has 4 nitrogen and oxygen atoms in total. The molecule has 2 N–H and O–H groups in total. The van der Waals surface area contributed by atoms with E-state index >= 15 is 0 Å². The first-order chi connectivity index (χ1) is 13.4. The van der Waals surface area contributed by atoms with Crippen molar-refractivity contribution in [1.29, 1.82) is 0 Å². The number of anilines is 1. The molecule has 2 aromatic rings. The van der Waals surface area contributed by atoms with Gasteiger partial charge >= 0.3 is 0 Å².